The second-order valence-electron chi connectivity index (χ2n) is 5.26. The van der Waals surface area contributed by atoms with Crippen molar-refractivity contribution < 1.29 is 14.6 Å². The Morgan fingerprint density at radius 3 is 2.52 bits per heavy atom. The fourth-order valence-electron chi connectivity index (χ4n) is 2.60. The molecule has 0 aliphatic heterocycles. The van der Waals surface area contributed by atoms with Crippen molar-refractivity contribution in [2.24, 2.45) is 0 Å². The molecule has 0 aliphatic carbocycles. The summed E-state index contributed by atoms with van der Waals surface area (Å²) in [6.45, 7) is 6.52. The Bertz CT molecular complexity index is 455. The zero-order valence-electron chi connectivity index (χ0n) is 13.6. The number of hydrogen-bond donors (Lipinski definition) is 1. The van der Waals surface area contributed by atoms with Crippen LogP contribution in [-0.4, -0.2) is 42.2 Å². The molecule has 4 nitrogen and oxygen atoms in total. The first-order chi connectivity index (χ1) is 10.1. The SMILES string of the molecule is CCC(CC)N(CCO)C(=O)Cc1ccc(C)c(OC)c1. The molecule has 0 atom stereocenters. The summed E-state index contributed by atoms with van der Waals surface area (Å²) in [4.78, 5) is 14.3. The highest BCUT2D eigenvalue weighted by Crippen LogP contribution is 2.20. The minimum atomic E-state index is -0.000537. The van der Waals surface area contributed by atoms with E-state index in [4.69, 9.17) is 4.74 Å². The van der Waals surface area contributed by atoms with Gasteiger partial charge in [-0.2, -0.15) is 0 Å². The summed E-state index contributed by atoms with van der Waals surface area (Å²) in [6.07, 6.45) is 2.14. The fraction of sp³-hybridized carbons (Fsp3) is 0.588. The molecule has 0 saturated heterocycles. The standard InChI is InChI=1S/C17H27NO3/c1-5-15(6-2)18(9-10-19)17(20)12-14-8-7-13(3)16(11-14)21-4/h7-8,11,15,19H,5-6,9-10,12H2,1-4H3. The molecular formula is C17H27NO3. The van der Waals surface area contributed by atoms with Crippen LogP contribution in [-0.2, 0) is 11.2 Å². The Morgan fingerprint density at radius 2 is 2.00 bits per heavy atom. The van der Waals surface area contributed by atoms with Gasteiger partial charge >= 0.3 is 0 Å². The lowest BCUT2D eigenvalue weighted by molar-refractivity contribution is -0.133. The highest BCUT2D eigenvalue weighted by molar-refractivity contribution is 5.79. The van der Waals surface area contributed by atoms with Crippen molar-refractivity contribution in [3.8, 4) is 5.75 Å². The topological polar surface area (TPSA) is 49.8 Å². The third-order valence-corrected chi connectivity index (χ3v) is 3.87. The van der Waals surface area contributed by atoms with Crippen LogP contribution in [0.4, 0.5) is 0 Å². The van der Waals surface area contributed by atoms with Crippen LogP contribution in [0, 0.1) is 6.92 Å². The molecule has 0 spiro atoms. The minimum absolute atomic E-state index is 0.000537. The molecule has 1 N–H and O–H groups in total. The molecule has 1 amide bonds. The van der Waals surface area contributed by atoms with Gasteiger partial charge in [-0.3, -0.25) is 4.79 Å². The van der Waals surface area contributed by atoms with Gasteiger partial charge in [0.15, 0.2) is 0 Å². The number of aryl methyl sites for hydroxylation is 1. The van der Waals surface area contributed by atoms with Crippen LogP contribution in [0.3, 0.4) is 0 Å². The Morgan fingerprint density at radius 1 is 1.33 bits per heavy atom. The summed E-state index contributed by atoms with van der Waals surface area (Å²) in [5, 5.41) is 9.20. The smallest absolute Gasteiger partial charge is 0.227 e. The van der Waals surface area contributed by atoms with Gasteiger partial charge in [0.2, 0.25) is 5.91 Å². The van der Waals surface area contributed by atoms with Crippen LogP contribution < -0.4 is 4.74 Å². The monoisotopic (exact) mass is 293 g/mol. The molecule has 0 bridgehead atoms. The molecule has 0 unspecified atom stereocenters. The zero-order valence-corrected chi connectivity index (χ0v) is 13.6. The van der Waals surface area contributed by atoms with Crippen LogP contribution >= 0.6 is 0 Å². The van der Waals surface area contributed by atoms with Crippen molar-refractivity contribution in [3.05, 3.63) is 29.3 Å². The number of amides is 1. The fourth-order valence-corrected chi connectivity index (χ4v) is 2.60. The highest BCUT2D eigenvalue weighted by atomic mass is 16.5. The first-order valence-electron chi connectivity index (χ1n) is 7.61. The molecular weight excluding hydrogens is 266 g/mol. The van der Waals surface area contributed by atoms with Gasteiger partial charge in [0, 0.05) is 12.6 Å². The molecule has 0 radical (unpaired) electrons. The number of nitrogens with zero attached hydrogens (tertiary/aromatic N) is 1. The second-order valence-corrected chi connectivity index (χ2v) is 5.26. The average molecular weight is 293 g/mol. The normalized spacial score (nSPS) is 10.8. The van der Waals surface area contributed by atoms with Gasteiger partial charge in [0.1, 0.15) is 5.75 Å². The van der Waals surface area contributed by atoms with E-state index in [2.05, 4.69) is 13.8 Å². The number of carbonyl (C=O) groups is 1. The lowest BCUT2D eigenvalue weighted by Crippen LogP contribution is -2.42. The van der Waals surface area contributed by atoms with Crippen LogP contribution in [0.5, 0.6) is 5.75 Å². The Hall–Kier alpha value is -1.55. The molecule has 1 aromatic carbocycles. The summed E-state index contributed by atoms with van der Waals surface area (Å²) in [7, 11) is 1.64. The van der Waals surface area contributed by atoms with Crippen molar-refractivity contribution in [1.29, 1.82) is 0 Å². The van der Waals surface area contributed by atoms with Crippen LogP contribution in [0.2, 0.25) is 0 Å². The van der Waals surface area contributed by atoms with E-state index in [9.17, 15) is 9.90 Å². The van der Waals surface area contributed by atoms with Crippen LogP contribution in [0.1, 0.15) is 37.8 Å². The van der Waals surface area contributed by atoms with Gasteiger partial charge in [0.25, 0.3) is 0 Å². The number of aliphatic hydroxyl groups is 1. The molecule has 0 saturated carbocycles. The largest absolute Gasteiger partial charge is 0.496 e. The number of benzene rings is 1. The molecule has 0 aromatic heterocycles. The van der Waals surface area contributed by atoms with E-state index in [0.29, 0.717) is 13.0 Å². The number of rotatable bonds is 8. The molecule has 1 rings (SSSR count). The maximum absolute atomic E-state index is 12.5. The number of aliphatic hydroxyl groups excluding tert-OH is 1. The molecule has 0 heterocycles. The molecule has 118 valence electrons. The quantitative estimate of drug-likeness (QED) is 0.801. The number of carbonyl (C=O) groups excluding carboxylic acids is 1. The van der Waals surface area contributed by atoms with Crippen molar-refractivity contribution in [1.82, 2.24) is 4.90 Å². The van der Waals surface area contributed by atoms with Crippen molar-refractivity contribution in [3.63, 3.8) is 0 Å². The predicted octanol–water partition coefficient (Wildman–Crippen LogP) is 2.56. The molecule has 0 aliphatic rings. The maximum Gasteiger partial charge on any atom is 0.227 e. The van der Waals surface area contributed by atoms with E-state index in [-0.39, 0.29) is 18.6 Å². The van der Waals surface area contributed by atoms with Crippen molar-refractivity contribution in [2.45, 2.75) is 46.1 Å². The first kappa shape index (κ1) is 17.5. The lowest BCUT2D eigenvalue weighted by atomic mass is 10.1. The van der Waals surface area contributed by atoms with Crippen LogP contribution in [0.15, 0.2) is 18.2 Å². The number of hydrogen-bond acceptors (Lipinski definition) is 3. The van der Waals surface area contributed by atoms with Gasteiger partial charge < -0.3 is 14.7 Å². The predicted molar refractivity (Wildman–Crippen MR) is 84.6 cm³/mol. The molecule has 21 heavy (non-hydrogen) atoms. The van der Waals surface area contributed by atoms with E-state index in [1.54, 1.807) is 12.0 Å². The van der Waals surface area contributed by atoms with Gasteiger partial charge in [0.05, 0.1) is 20.1 Å². The zero-order chi connectivity index (χ0) is 15.8. The van der Waals surface area contributed by atoms with Gasteiger partial charge in [-0.05, 0) is 37.0 Å². The van der Waals surface area contributed by atoms with E-state index in [1.165, 1.54) is 0 Å². The van der Waals surface area contributed by atoms with Gasteiger partial charge in [-0.25, -0.2) is 0 Å². The number of ether oxygens (including phenoxy) is 1. The summed E-state index contributed by atoms with van der Waals surface area (Å²) in [5.74, 6) is 0.861. The third-order valence-electron chi connectivity index (χ3n) is 3.87. The lowest BCUT2D eigenvalue weighted by Gasteiger charge is -2.30. The summed E-state index contributed by atoms with van der Waals surface area (Å²) in [6, 6.07) is 6.03. The average Bonchev–Trinajstić information content (AvgIpc) is 2.49. The van der Waals surface area contributed by atoms with Gasteiger partial charge in [-0.15, -0.1) is 0 Å². The Kier molecular flexibility index (Phi) is 7.23. The van der Waals surface area contributed by atoms with Gasteiger partial charge in [-0.1, -0.05) is 26.0 Å². The summed E-state index contributed by atoms with van der Waals surface area (Å²) >= 11 is 0. The second kappa shape index (κ2) is 8.67. The Balaban J connectivity index is 2.85. The van der Waals surface area contributed by atoms with E-state index >= 15 is 0 Å². The minimum Gasteiger partial charge on any atom is -0.496 e. The van der Waals surface area contributed by atoms with E-state index < -0.39 is 0 Å². The Labute approximate surface area is 127 Å². The number of methoxy groups -OCH3 is 1. The van der Waals surface area contributed by atoms with E-state index in [1.807, 2.05) is 25.1 Å². The summed E-state index contributed by atoms with van der Waals surface area (Å²) in [5.41, 5.74) is 2.00. The summed E-state index contributed by atoms with van der Waals surface area (Å²) < 4.78 is 5.30. The van der Waals surface area contributed by atoms with Crippen molar-refractivity contribution >= 4 is 5.91 Å². The maximum atomic E-state index is 12.5. The van der Waals surface area contributed by atoms with Crippen LogP contribution in [0.25, 0.3) is 0 Å². The first-order valence-corrected chi connectivity index (χ1v) is 7.61. The van der Waals surface area contributed by atoms with Crippen molar-refractivity contribution in [2.75, 3.05) is 20.3 Å². The van der Waals surface area contributed by atoms with E-state index in [0.717, 1.165) is 29.7 Å². The molecule has 0 fully saturated rings. The third kappa shape index (κ3) is 4.74. The highest BCUT2D eigenvalue weighted by Gasteiger charge is 2.20. The molecule has 1 aromatic rings. The molecule has 4 heteroatoms.